The summed E-state index contributed by atoms with van der Waals surface area (Å²) < 4.78 is 5.18. The van der Waals surface area contributed by atoms with Gasteiger partial charge in [0.25, 0.3) is 0 Å². The molecule has 0 aromatic carbocycles. The highest BCUT2D eigenvalue weighted by atomic mass is 16.6. The van der Waals surface area contributed by atoms with Gasteiger partial charge in [-0.1, -0.05) is 18.0 Å². The molecule has 98 valence electrons. The number of hydrogen-bond donors (Lipinski definition) is 3. The summed E-state index contributed by atoms with van der Waals surface area (Å²) in [7, 11) is 0. The van der Waals surface area contributed by atoms with Crippen LogP contribution in [0, 0.1) is 0 Å². The number of alkyl carbamates (subject to hydrolysis) is 1. The molecule has 1 saturated carbocycles. The quantitative estimate of drug-likeness (QED) is 0.297. The van der Waals surface area contributed by atoms with E-state index in [-0.39, 0.29) is 5.84 Å². The molecule has 0 bridgehead atoms. The highest BCUT2D eigenvalue weighted by Crippen LogP contribution is 2.30. The molecule has 17 heavy (non-hydrogen) atoms. The van der Waals surface area contributed by atoms with Crippen LogP contribution in [0.3, 0.4) is 0 Å². The molecule has 0 heterocycles. The maximum atomic E-state index is 11.7. The lowest BCUT2D eigenvalue weighted by Crippen LogP contribution is -2.56. The van der Waals surface area contributed by atoms with Gasteiger partial charge in [0.15, 0.2) is 5.84 Å². The van der Waals surface area contributed by atoms with Crippen LogP contribution in [0.4, 0.5) is 4.79 Å². The largest absolute Gasteiger partial charge is 0.444 e. The number of amides is 1. The third-order valence-corrected chi connectivity index (χ3v) is 2.80. The molecular formula is C11H21N3O3. The third kappa shape index (κ3) is 3.51. The van der Waals surface area contributed by atoms with E-state index in [4.69, 9.17) is 15.7 Å². The van der Waals surface area contributed by atoms with Crippen molar-refractivity contribution in [1.29, 1.82) is 0 Å². The summed E-state index contributed by atoms with van der Waals surface area (Å²) in [6, 6.07) is 0. The standard InChI is InChI=1S/C11H21N3O3/c1-10(2,3)17-9(15)13-11(8(12)14-16)6-4-5-7-11/h16H,4-7H2,1-3H3,(H2,12,14)(H,13,15). The Morgan fingerprint density at radius 3 is 2.35 bits per heavy atom. The maximum absolute atomic E-state index is 11.7. The van der Waals surface area contributed by atoms with E-state index in [1.54, 1.807) is 20.8 Å². The van der Waals surface area contributed by atoms with Crippen LogP contribution in [0.25, 0.3) is 0 Å². The van der Waals surface area contributed by atoms with E-state index < -0.39 is 17.2 Å². The predicted molar refractivity (Wildman–Crippen MR) is 64.0 cm³/mol. The molecular weight excluding hydrogens is 222 g/mol. The molecule has 1 amide bonds. The van der Waals surface area contributed by atoms with Crippen LogP contribution >= 0.6 is 0 Å². The fourth-order valence-electron chi connectivity index (χ4n) is 2.02. The molecule has 1 rings (SSSR count). The van der Waals surface area contributed by atoms with Crippen LogP contribution in [0.15, 0.2) is 5.16 Å². The molecule has 6 nitrogen and oxygen atoms in total. The third-order valence-electron chi connectivity index (χ3n) is 2.80. The Morgan fingerprint density at radius 2 is 1.94 bits per heavy atom. The highest BCUT2D eigenvalue weighted by molar-refractivity contribution is 5.93. The molecule has 0 aromatic heterocycles. The Bertz CT molecular complexity index is 314. The fraction of sp³-hybridized carbons (Fsp3) is 0.818. The number of nitrogens with two attached hydrogens (primary N) is 1. The van der Waals surface area contributed by atoms with Crippen molar-refractivity contribution in [3.8, 4) is 0 Å². The molecule has 4 N–H and O–H groups in total. The van der Waals surface area contributed by atoms with Crippen molar-refractivity contribution in [2.24, 2.45) is 10.9 Å². The summed E-state index contributed by atoms with van der Waals surface area (Å²) in [4.78, 5) is 11.7. The number of oxime groups is 1. The van der Waals surface area contributed by atoms with Crippen molar-refractivity contribution < 1.29 is 14.7 Å². The van der Waals surface area contributed by atoms with E-state index in [9.17, 15) is 4.79 Å². The van der Waals surface area contributed by atoms with Gasteiger partial charge in [0.1, 0.15) is 11.1 Å². The van der Waals surface area contributed by atoms with Crippen LogP contribution in [-0.2, 0) is 4.74 Å². The highest BCUT2D eigenvalue weighted by Gasteiger charge is 2.40. The number of carbonyl (C=O) groups is 1. The molecule has 0 unspecified atom stereocenters. The van der Waals surface area contributed by atoms with E-state index in [0.717, 1.165) is 12.8 Å². The summed E-state index contributed by atoms with van der Waals surface area (Å²) in [6.45, 7) is 5.37. The van der Waals surface area contributed by atoms with Crippen molar-refractivity contribution in [3.63, 3.8) is 0 Å². The summed E-state index contributed by atoms with van der Waals surface area (Å²) in [5.41, 5.74) is 4.34. The number of hydrogen-bond acceptors (Lipinski definition) is 4. The Morgan fingerprint density at radius 1 is 1.41 bits per heavy atom. The monoisotopic (exact) mass is 243 g/mol. The lowest BCUT2D eigenvalue weighted by Gasteiger charge is -2.30. The van der Waals surface area contributed by atoms with E-state index in [1.807, 2.05) is 0 Å². The van der Waals surface area contributed by atoms with Crippen LogP contribution < -0.4 is 11.1 Å². The van der Waals surface area contributed by atoms with E-state index in [1.165, 1.54) is 0 Å². The first-order valence-corrected chi connectivity index (χ1v) is 5.78. The SMILES string of the molecule is CC(C)(C)OC(=O)NC1(C(N)=NO)CCCC1. The second kappa shape index (κ2) is 4.81. The number of nitrogens with one attached hydrogen (secondary N) is 1. The molecule has 0 saturated heterocycles. The van der Waals surface area contributed by atoms with Crippen molar-refractivity contribution in [2.45, 2.75) is 57.6 Å². The van der Waals surface area contributed by atoms with Gasteiger partial charge in [0.05, 0.1) is 0 Å². The van der Waals surface area contributed by atoms with Gasteiger partial charge in [-0.05, 0) is 33.6 Å². The molecule has 0 spiro atoms. The lowest BCUT2D eigenvalue weighted by molar-refractivity contribution is 0.0485. The Labute approximate surface area is 101 Å². The average Bonchev–Trinajstić information content (AvgIpc) is 2.63. The molecule has 1 aliphatic carbocycles. The van der Waals surface area contributed by atoms with Gasteiger partial charge < -0.3 is 21.0 Å². The number of amidine groups is 1. The Kier molecular flexibility index (Phi) is 3.85. The van der Waals surface area contributed by atoms with Crippen LogP contribution in [-0.4, -0.2) is 28.3 Å². The number of nitrogens with zero attached hydrogens (tertiary/aromatic N) is 1. The van der Waals surface area contributed by atoms with E-state index in [2.05, 4.69) is 10.5 Å². The van der Waals surface area contributed by atoms with Gasteiger partial charge >= 0.3 is 6.09 Å². The molecule has 6 heteroatoms. The topological polar surface area (TPSA) is 96.9 Å². The zero-order valence-corrected chi connectivity index (χ0v) is 10.6. The van der Waals surface area contributed by atoms with Crippen molar-refractivity contribution in [2.75, 3.05) is 0 Å². The normalized spacial score (nSPS) is 20.1. The van der Waals surface area contributed by atoms with Crippen molar-refractivity contribution in [1.82, 2.24) is 5.32 Å². The van der Waals surface area contributed by atoms with Gasteiger partial charge in [-0.15, -0.1) is 0 Å². The zero-order valence-electron chi connectivity index (χ0n) is 10.6. The first kappa shape index (κ1) is 13.6. The number of ether oxygens (including phenoxy) is 1. The number of carbonyl (C=O) groups excluding carboxylic acids is 1. The lowest BCUT2D eigenvalue weighted by atomic mass is 9.96. The average molecular weight is 243 g/mol. The van der Waals surface area contributed by atoms with Crippen molar-refractivity contribution >= 4 is 11.9 Å². The van der Waals surface area contributed by atoms with Gasteiger partial charge in [-0.3, -0.25) is 0 Å². The summed E-state index contributed by atoms with van der Waals surface area (Å²) in [5.74, 6) is 0.0425. The van der Waals surface area contributed by atoms with Gasteiger partial charge in [-0.2, -0.15) is 0 Å². The van der Waals surface area contributed by atoms with Crippen LogP contribution in [0.5, 0.6) is 0 Å². The first-order chi connectivity index (χ1) is 7.79. The molecule has 1 fully saturated rings. The number of rotatable bonds is 2. The molecule has 0 aliphatic heterocycles. The minimum atomic E-state index is -0.753. The smallest absolute Gasteiger partial charge is 0.408 e. The molecule has 0 radical (unpaired) electrons. The first-order valence-electron chi connectivity index (χ1n) is 5.78. The molecule has 0 atom stereocenters. The van der Waals surface area contributed by atoms with E-state index in [0.29, 0.717) is 12.8 Å². The second-order valence-corrected chi connectivity index (χ2v) is 5.40. The summed E-state index contributed by atoms with van der Waals surface area (Å²) in [5, 5.41) is 14.5. The van der Waals surface area contributed by atoms with Crippen LogP contribution in [0.2, 0.25) is 0 Å². The van der Waals surface area contributed by atoms with E-state index >= 15 is 0 Å². The predicted octanol–water partition coefficient (Wildman–Crippen LogP) is 1.57. The minimum Gasteiger partial charge on any atom is -0.444 e. The fourth-order valence-corrected chi connectivity index (χ4v) is 2.02. The minimum absolute atomic E-state index is 0.0425. The second-order valence-electron chi connectivity index (χ2n) is 5.40. The van der Waals surface area contributed by atoms with Crippen LogP contribution in [0.1, 0.15) is 46.5 Å². The molecule has 0 aromatic rings. The Balaban J connectivity index is 2.72. The van der Waals surface area contributed by atoms with Gasteiger partial charge in [0.2, 0.25) is 0 Å². The Hall–Kier alpha value is -1.46. The summed E-state index contributed by atoms with van der Waals surface area (Å²) in [6.07, 6.45) is 2.67. The zero-order chi connectivity index (χ0) is 13.1. The summed E-state index contributed by atoms with van der Waals surface area (Å²) >= 11 is 0. The maximum Gasteiger partial charge on any atom is 0.408 e. The van der Waals surface area contributed by atoms with Gasteiger partial charge in [-0.25, -0.2) is 4.79 Å². The van der Waals surface area contributed by atoms with Gasteiger partial charge in [0, 0.05) is 0 Å². The van der Waals surface area contributed by atoms with Crippen molar-refractivity contribution in [3.05, 3.63) is 0 Å². The molecule has 1 aliphatic rings.